The van der Waals surface area contributed by atoms with Crippen molar-refractivity contribution in [3.8, 4) is 0 Å². The number of halogens is 3. The summed E-state index contributed by atoms with van der Waals surface area (Å²) in [7, 11) is 0. The zero-order chi connectivity index (χ0) is 15.2. The van der Waals surface area contributed by atoms with E-state index in [1.54, 1.807) is 25.1 Å². The van der Waals surface area contributed by atoms with Gasteiger partial charge in [-0.3, -0.25) is 4.79 Å². The first-order valence-corrected chi connectivity index (χ1v) is 7.20. The summed E-state index contributed by atoms with van der Waals surface area (Å²) in [5, 5.41) is 3.54. The van der Waals surface area contributed by atoms with Gasteiger partial charge < -0.3 is 5.32 Å². The summed E-state index contributed by atoms with van der Waals surface area (Å²) < 4.78 is 13.7. The minimum atomic E-state index is -0.820. The van der Waals surface area contributed by atoms with Gasteiger partial charge in [0.1, 0.15) is 5.82 Å². The Morgan fingerprint density at radius 2 is 1.81 bits per heavy atom. The smallest absolute Gasteiger partial charge is 0.233 e. The van der Waals surface area contributed by atoms with Crippen molar-refractivity contribution in [3.05, 3.63) is 69.5 Å². The van der Waals surface area contributed by atoms with Gasteiger partial charge in [0.15, 0.2) is 0 Å². The van der Waals surface area contributed by atoms with E-state index >= 15 is 0 Å². The second kappa shape index (κ2) is 5.00. The quantitative estimate of drug-likeness (QED) is 0.822. The lowest BCUT2D eigenvalue weighted by molar-refractivity contribution is -0.137. The molecule has 1 aliphatic heterocycles. The Labute approximate surface area is 131 Å². The van der Waals surface area contributed by atoms with Gasteiger partial charge in [-0.15, -0.1) is 0 Å². The summed E-state index contributed by atoms with van der Waals surface area (Å²) in [6.45, 7) is 1.80. The van der Waals surface area contributed by atoms with Crippen molar-refractivity contribution in [1.82, 2.24) is 5.32 Å². The molecule has 1 N–H and O–H groups in total. The molecule has 21 heavy (non-hydrogen) atoms. The molecule has 1 fully saturated rings. The molecular weight excluding hydrogens is 312 g/mol. The molecule has 5 heteroatoms. The molecule has 1 heterocycles. The van der Waals surface area contributed by atoms with Crippen LogP contribution in [0.3, 0.4) is 0 Å². The average Bonchev–Trinajstić information content (AvgIpc) is 2.48. The van der Waals surface area contributed by atoms with Gasteiger partial charge in [-0.2, -0.15) is 0 Å². The first kappa shape index (κ1) is 14.4. The highest BCUT2D eigenvalue weighted by Crippen LogP contribution is 2.45. The van der Waals surface area contributed by atoms with Crippen molar-refractivity contribution >= 4 is 29.1 Å². The molecular formula is C16H12Cl2FNO. The molecule has 2 atom stereocenters. The van der Waals surface area contributed by atoms with E-state index < -0.39 is 11.2 Å². The van der Waals surface area contributed by atoms with E-state index in [9.17, 15) is 9.18 Å². The number of β-lactam (4-membered cyclic amide) rings is 1. The third kappa shape index (κ3) is 2.21. The lowest BCUT2D eigenvalue weighted by atomic mass is 9.67. The van der Waals surface area contributed by atoms with Crippen LogP contribution in [0.4, 0.5) is 4.39 Å². The maximum absolute atomic E-state index is 13.7. The van der Waals surface area contributed by atoms with Crippen LogP contribution in [0.1, 0.15) is 24.1 Å². The number of carbonyl (C=O) groups is 1. The maximum atomic E-state index is 13.7. The van der Waals surface area contributed by atoms with Crippen LogP contribution in [0.15, 0.2) is 42.5 Å². The van der Waals surface area contributed by atoms with E-state index in [1.807, 2.05) is 12.1 Å². The molecule has 0 saturated carbocycles. The summed E-state index contributed by atoms with van der Waals surface area (Å²) >= 11 is 11.6. The Morgan fingerprint density at radius 1 is 1.14 bits per heavy atom. The highest BCUT2D eigenvalue weighted by molar-refractivity contribution is 6.31. The van der Waals surface area contributed by atoms with Crippen molar-refractivity contribution in [3.63, 3.8) is 0 Å². The summed E-state index contributed by atoms with van der Waals surface area (Å²) in [6.07, 6.45) is 0. The molecule has 1 aliphatic rings. The van der Waals surface area contributed by atoms with Crippen molar-refractivity contribution < 1.29 is 9.18 Å². The minimum Gasteiger partial charge on any atom is -0.347 e. The lowest BCUT2D eigenvalue weighted by Gasteiger charge is -2.47. The number of carbonyl (C=O) groups excluding carboxylic acids is 1. The molecule has 0 radical (unpaired) electrons. The van der Waals surface area contributed by atoms with Gasteiger partial charge in [-0.05, 0) is 42.3 Å². The van der Waals surface area contributed by atoms with Crippen molar-refractivity contribution in [2.45, 2.75) is 18.4 Å². The van der Waals surface area contributed by atoms with Gasteiger partial charge in [0, 0.05) is 5.02 Å². The molecule has 108 valence electrons. The normalized spacial score (nSPS) is 24.4. The molecule has 2 unspecified atom stereocenters. The molecule has 0 spiro atoms. The zero-order valence-electron chi connectivity index (χ0n) is 11.2. The number of benzene rings is 2. The van der Waals surface area contributed by atoms with E-state index in [1.165, 1.54) is 12.1 Å². The standard InChI is InChI=1S/C16H12Cl2FNO/c1-16(10-4-7-12(18)13(19)8-10)14(20-15(16)21)9-2-5-11(17)6-3-9/h2-8,14H,1H3,(H,20,21). The second-order valence-corrected chi connectivity index (χ2v) is 6.13. The number of amides is 1. The van der Waals surface area contributed by atoms with Crippen LogP contribution >= 0.6 is 23.2 Å². The molecule has 0 bridgehead atoms. The van der Waals surface area contributed by atoms with Gasteiger partial charge in [-0.1, -0.05) is 41.4 Å². The third-order valence-electron chi connectivity index (χ3n) is 4.05. The molecule has 2 nitrogen and oxygen atoms in total. The summed E-state index contributed by atoms with van der Waals surface area (Å²) in [5.74, 6) is -0.658. The number of hydrogen-bond acceptors (Lipinski definition) is 1. The van der Waals surface area contributed by atoms with Gasteiger partial charge in [0.25, 0.3) is 0 Å². The molecule has 1 saturated heterocycles. The molecule has 0 aromatic heterocycles. The van der Waals surface area contributed by atoms with Gasteiger partial charge >= 0.3 is 0 Å². The number of nitrogens with one attached hydrogen (secondary N) is 1. The number of hydrogen-bond donors (Lipinski definition) is 1. The molecule has 1 amide bonds. The highest BCUT2D eigenvalue weighted by atomic mass is 35.5. The highest BCUT2D eigenvalue weighted by Gasteiger charge is 2.53. The second-order valence-electron chi connectivity index (χ2n) is 5.29. The van der Waals surface area contributed by atoms with Gasteiger partial charge in [0.2, 0.25) is 5.91 Å². The Morgan fingerprint density at radius 3 is 2.38 bits per heavy atom. The van der Waals surface area contributed by atoms with E-state index in [2.05, 4.69) is 5.32 Å². The van der Waals surface area contributed by atoms with Crippen molar-refractivity contribution in [2.75, 3.05) is 0 Å². The van der Waals surface area contributed by atoms with E-state index in [0.29, 0.717) is 10.6 Å². The summed E-state index contributed by atoms with van der Waals surface area (Å²) in [6, 6.07) is 11.5. The van der Waals surface area contributed by atoms with Crippen LogP contribution in [-0.2, 0) is 10.2 Å². The van der Waals surface area contributed by atoms with Gasteiger partial charge in [0.05, 0.1) is 16.5 Å². The predicted molar refractivity (Wildman–Crippen MR) is 81.1 cm³/mol. The Balaban J connectivity index is 2.02. The summed E-state index contributed by atoms with van der Waals surface area (Å²) in [5.41, 5.74) is 0.712. The van der Waals surface area contributed by atoms with Crippen LogP contribution in [0.5, 0.6) is 0 Å². The van der Waals surface area contributed by atoms with Crippen LogP contribution in [-0.4, -0.2) is 5.91 Å². The Bertz CT molecular complexity index is 717. The Kier molecular flexibility index (Phi) is 3.42. The fraction of sp³-hybridized carbons (Fsp3) is 0.188. The fourth-order valence-electron chi connectivity index (χ4n) is 2.67. The van der Waals surface area contributed by atoms with E-state index in [4.69, 9.17) is 23.2 Å². The SMILES string of the molecule is CC1(c2ccc(Cl)c(F)c2)C(=O)NC1c1ccc(Cl)cc1. The first-order valence-electron chi connectivity index (χ1n) is 6.45. The summed E-state index contributed by atoms with van der Waals surface area (Å²) in [4.78, 5) is 12.1. The topological polar surface area (TPSA) is 29.1 Å². The maximum Gasteiger partial charge on any atom is 0.233 e. The largest absolute Gasteiger partial charge is 0.347 e. The first-order chi connectivity index (χ1) is 9.92. The molecule has 2 aromatic rings. The van der Waals surface area contributed by atoms with Crippen molar-refractivity contribution in [2.24, 2.45) is 0 Å². The average molecular weight is 324 g/mol. The number of rotatable bonds is 2. The molecule has 2 aromatic carbocycles. The fourth-order valence-corrected chi connectivity index (χ4v) is 2.91. The van der Waals surface area contributed by atoms with Crippen LogP contribution in [0.2, 0.25) is 10.0 Å². The minimum absolute atomic E-state index is 0.0464. The third-order valence-corrected chi connectivity index (χ3v) is 4.61. The monoisotopic (exact) mass is 323 g/mol. The van der Waals surface area contributed by atoms with Crippen LogP contribution in [0, 0.1) is 5.82 Å². The molecule has 0 aliphatic carbocycles. The Hall–Kier alpha value is -1.58. The van der Waals surface area contributed by atoms with Gasteiger partial charge in [-0.25, -0.2) is 4.39 Å². The van der Waals surface area contributed by atoms with Crippen LogP contribution < -0.4 is 5.32 Å². The lowest BCUT2D eigenvalue weighted by Crippen LogP contribution is -2.62. The molecule has 3 rings (SSSR count). The van der Waals surface area contributed by atoms with Crippen LogP contribution in [0.25, 0.3) is 0 Å². The van der Waals surface area contributed by atoms with Crippen molar-refractivity contribution in [1.29, 1.82) is 0 Å². The zero-order valence-corrected chi connectivity index (χ0v) is 12.7. The van der Waals surface area contributed by atoms with E-state index in [-0.39, 0.29) is 17.0 Å². The van der Waals surface area contributed by atoms with E-state index in [0.717, 1.165) is 5.56 Å². The predicted octanol–water partition coefficient (Wildman–Crippen LogP) is 4.26.